The highest BCUT2D eigenvalue weighted by Gasteiger charge is 2.37. The molecular weight excluding hydrogens is 322 g/mol. The number of rotatable bonds is 6. The number of amides is 1. The van der Waals surface area contributed by atoms with Crippen molar-refractivity contribution in [2.45, 2.75) is 18.6 Å². The van der Waals surface area contributed by atoms with Crippen molar-refractivity contribution < 1.29 is 9.90 Å². The Morgan fingerprint density at radius 2 is 2.28 bits per heavy atom. The van der Waals surface area contributed by atoms with Crippen molar-refractivity contribution in [3.63, 3.8) is 0 Å². The fourth-order valence-electron chi connectivity index (χ4n) is 2.82. The van der Waals surface area contributed by atoms with Gasteiger partial charge in [-0.1, -0.05) is 0 Å². The third kappa shape index (κ3) is 4.24. The number of nitrogens with zero attached hydrogens (tertiary/aromatic N) is 6. The predicted octanol–water partition coefficient (Wildman–Crippen LogP) is -0.503. The summed E-state index contributed by atoms with van der Waals surface area (Å²) in [7, 11) is 3.84. The lowest BCUT2D eigenvalue weighted by molar-refractivity contribution is -0.122. The zero-order valence-corrected chi connectivity index (χ0v) is 14.5. The molecule has 3 heterocycles. The number of aliphatic hydroxyl groups is 1. The van der Waals surface area contributed by atoms with Crippen molar-refractivity contribution >= 4 is 17.5 Å². The van der Waals surface area contributed by atoms with E-state index < -0.39 is 5.60 Å². The first-order valence-corrected chi connectivity index (χ1v) is 8.14. The normalized spacial score (nSPS) is 19.9. The Morgan fingerprint density at radius 3 is 3.00 bits per heavy atom. The number of aromatic nitrogens is 4. The van der Waals surface area contributed by atoms with Crippen LogP contribution < -0.4 is 15.1 Å². The molecule has 134 valence electrons. The van der Waals surface area contributed by atoms with Crippen molar-refractivity contribution in [3.05, 3.63) is 31.1 Å². The molecule has 0 spiro atoms. The van der Waals surface area contributed by atoms with Crippen LogP contribution in [0.4, 0.5) is 11.6 Å². The van der Waals surface area contributed by atoms with E-state index in [0.717, 1.165) is 11.6 Å². The van der Waals surface area contributed by atoms with Gasteiger partial charge in [0.05, 0.1) is 6.33 Å². The van der Waals surface area contributed by atoms with Crippen molar-refractivity contribution in [2.75, 3.05) is 43.5 Å². The number of carbonyl (C=O) groups is 1. The monoisotopic (exact) mass is 345 g/mol. The lowest BCUT2D eigenvalue weighted by Gasteiger charge is -2.24. The highest BCUT2D eigenvalue weighted by atomic mass is 16.3. The van der Waals surface area contributed by atoms with Crippen LogP contribution in [-0.2, 0) is 11.3 Å². The molecule has 1 aliphatic rings. The summed E-state index contributed by atoms with van der Waals surface area (Å²) in [4.78, 5) is 28.3. The Morgan fingerprint density at radius 1 is 1.44 bits per heavy atom. The van der Waals surface area contributed by atoms with Gasteiger partial charge in [0, 0.05) is 52.2 Å². The van der Waals surface area contributed by atoms with E-state index in [9.17, 15) is 9.90 Å². The van der Waals surface area contributed by atoms with Crippen molar-refractivity contribution in [2.24, 2.45) is 0 Å². The Bertz CT molecular complexity index is 719. The van der Waals surface area contributed by atoms with E-state index in [1.54, 1.807) is 23.3 Å². The second-order valence-corrected chi connectivity index (χ2v) is 6.54. The summed E-state index contributed by atoms with van der Waals surface area (Å²) in [6.45, 7) is 1.50. The van der Waals surface area contributed by atoms with Crippen LogP contribution in [0.15, 0.2) is 31.1 Å². The van der Waals surface area contributed by atoms with Gasteiger partial charge in [-0.05, 0) is 6.42 Å². The van der Waals surface area contributed by atoms with Crippen LogP contribution in [0.5, 0.6) is 0 Å². The Kier molecular flexibility index (Phi) is 4.84. The molecule has 1 amide bonds. The molecule has 0 aromatic carbocycles. The van der Waals surface area contributed by atoms with E-state index in [0.29, 0.717) is 19.5 Å². The molecule has 0 bridgehead atoms. The average molecular weight is 345 g/mol. The molecule has 2 aromatic heterocycles. The average Bonchev–Trinajstić information content (AvgIpc) is 3.23. The largest absolute Gasteiger partial charge is 0.386 e. The van der Waals surface area contributed by atoms with Crippen LogP contribution in [-0.4, -0.2) is 69.9 Å². The number of carbonyl (C=O) groups excluding carboxylic acids is 1. The topological polar surface area (TPSA) is 99.4 Å². The van der Waals surface area contributed by atoms with Gasteiger partial charge in [-0.2, -0.15) is 0 Å². The molecule has 1 atom stereocenters. The Hall–Kier alpha value is -2.68. The number of β-amino-alcohol motifs (C(OH)–C–C–N with tert-alkyl or cyclic N) is 1. The first-order valence-electron chi connectivity index (χ1n) is 8.14. The van der Waals surface area contributed by atoms with Gasteiger partial charge in [0.2, 0.25) is 5.91 Å². The molecule has 2 N–H and O–H groups in total. The zero-order valence-electron chi connectivity index (χ0n) is 14.5. The Labute approximate surface area is 146 Å². The smallest absolute Gasteiger partial charge is 0.240 e. The quantitative estimate of drug-likeness (QED) is 0.728. The third-order valence-corrected chi connectivity index (χ3v) is 4.25. The maximum atomic E-state index is 12.0. The molecule has 1 saturated heterocycles. The second-order valence-electron chi connectivity index (χ2n) is 6.54. The van der Waals surface area contributed by atoms with Gasteiger partial charge in [0.25, 0.3) is 0 Å². The summed E-state index contributed by atoms with van der Waals surface area (Å²) in [5, 5.41) is 13.5. The number of hydrogen-bond donors (Lipinski definition) is 2. The molecule has 25 heavy (non-hydrogen) atoms. The summed E-state index contributed by atoms with van der Waals surface area (Å²) in [6, 6.07) is 1.89. The van der Waals surface area contributed by atoms with Crippen LogP contribution in [0, 0.1) is 0 Å². The van der Waals surface area contributed by atoms with Crippen LogP contribution in [0.2, 0.25) is 0 Å². The second kappa shape index (κ2) is 7.06. The summed E-state index contributed by atoms with van der Waals surface area (Å²) >= 11 is 0. The number of hydrogen-bond acceptors (Lipinski definition) is 7. The van der Waals surface area contributed by atoms with E-state index in [4.69, 9.17) is 0 Å². The molecular formula is C16H23N7O2. The molecule has 1 aliphatic heterocycles. The van der Waals surface area contributed by atoms with Crippen molar-refractivity contribution in [3.8, 4) is 0 Å². The van der Waals surface area contributed by atoms with Crippen LogP contribution in [0.1, 0.15) is 6.42 Å². The van der Waals surface area contributed by atoms with E-state index in [1.807, 2.05) is 30.0 Å². The molecule has 9 nitrogen and oxygen atoms in total. The molecule has 3 rings (SSSR count). The summed E-state index contributed by atoms with van der Waals surface area (Å²) < 4.78 is 1.68. The number of anilines is 2. The van der Waals surface area contributed by atoms with Gasteiger partial charge in [0.15, 0.2) is 0 Å². The lowest BCUT2D eigenvalue weighted by atomic mass is 10.0. The van der Waals surface area contributed by atoms with E-state index in [-0.39, 0.29) is 19.0 Å². The van der Waals surface area contributed by atoms with Gasteiger partial charge in [-0.3, -0.25) is 4.79 Å². The number of nitrogens with one attached hydrogen (secondary N) is 1. The molecule has 0 aliphatic carbocycles. The molecule has 0 saturated carbocycles. The lowest BCUT2D eigenvalue weighted by Crippen LogP contribution is -2.45. The summed E-state index contributed by atoms with van der Waals surface area (Å²) in [5.74, 6) is 1.44. The Balaban J connectivity index is 1.55. The summed E-state index contributed by atoms with van der Waals surface area (Å²) in [6.07, 6.45) is 7.03. The maximum absolute atomic E-state index is 12.0. The third-order valence-electron chi connectivity index (χ3n) is 4.25. The molecule has 1 unspecified atom stereocenters. The molecule has 1 fully saturated rings. The van der Waals surface area contributed by atoms with Crippen LogP contribution >= 0.6 is 0 Å². The minimum atomic E-state index is -0.964. The first-order chi connectivity index (χ1) is 12.0. The van der Waals surface area contributed by atoms with Gasteiger partial charge in [0.1, 0.15) is 30.1 Å². The first kappa shape index (κ1) is 17.2. The maximum Gasteiger partial charge on any atom is 0.240 e. The van der Waals surface area contributed by atoms with E-state index >= 15 is 0 Å². The number of imidazole rings is 1. The standard InChI is InChI=1S/C16H23N7O2/c1-21(2)13-7-14(20-11-19-13)23-5-3-16(25,10-23)9-18-15(24)8-22-6-4-17-12-22/h4,6-7,11-12,25H,3,5,8-10H2,1-2H3,(H,18,24). The van der Waals surface area contributed by atoms with E-state index in [2.05, 4.69) is 20.3 Å². The van der Waals surface area contributed by atoms with Gasteiger partial charge >= 0.3 is 0 Å². The highest BCUT2D eigenvalue weighted by molar-refractivity contribution is 5.75. The van der Waals surface area contributed by atoms with Crippen LogP contribution in [0.3, 0.4) is 0 Å². The molecule has 0 radical (unpaired) electrons. The van der Waals surface area contributed by atoms with Crippen molar-refractivity contribution in [1.82, 2.24) is 24.8 Å². The van der Waals surface area contributed by atoms with Gasteiger partial charge < -0.3 is 24.8 Å². The molecule has 2 aromatic rings. The van der Waals surface area contributed by atoms with Crippen LogP contribution in [0.25, 0.3) is 0 Å². The summed E-state index contributed by atoms with van der Waals surface area (Å²) in [5.41, 5.74) is -0.964. The van der Waals surface area contributed by atoms with Gasteiger partial charge in [-0.25, -0.2) is 15.0 Å². The fourth-order valence-corrected chi connectivity index (χ4v) is 2.82. The highest BCUT2D eigenvalue weighted by Crippen LogP contribution is 2.26. The fraction of sp³-hybridized carbons (Fsp3) is 0.500. The van der Waals surface area contributed by atoms with Gasteiger partial charge in [-0.15, -0.1) is 0 Å². The zero-order chi connectivity index (χ0) is 17.9. The molecule has 9 heteroatoms. The minimum absolute atomic E-state index is 0.151. The minimum Gasteiger partial charge on any atom is -0.386 e. The van der Waals surface area contributed by atoms with Crippen molar-refractivity contribution in [1.29, 1.82) is 0 Å². The predicted molar refractivity (Wildman–Crippen MR) is 93.4 cm³/mol. The van der Waals surface area contributed by atoms with E-state index in [1.165, 1.54) is 6.33 Å². The SMILES string of the molecule is CN(C)c1cc(N2CCC(O)(CNC(=O)Cn3ccnc3)C2)ncn1.